The molecule has 0 saturated carbocycles. The summed E-state index contributed by atoms with van der Waals surface area (Å²) in [4.78, 5) is 0. The number of aromatic nitrogens is 2. The van der Waals surface area contributed by atoms with Crippen molar-refractivity contribution in [2.45, 2.75) is 24.5 Å². The van der Waals surface area contributed by atoms with Gasteiger partial charge in [0.1, 0.15) is 0 Å². The molecule has 1 fully saturated rings. The molecular formula is C9H15N3O3S. The van der Waals surface area contributed by atoms with Gasteiger partial charge in [0.15, 0.2) is 5.03 Å². The second-order valence-electron chi connectivity index (χ2n) is 3.68. The number of morpholine rings is 1. The standard InChI is InChI=1S/C9H15N3O3S/c1-2-8-7-12(5-6-15-8)16(13,14)9-3-4-10-11-9/h3-4,8H,2,5-7H2,1H3,(H,10,11). The van der Waals surface area contributed by atoms with Crippen LogP contribution in [-0.4, -0.2) is 48.7 Å². The summed E-state index contributed by atoms with van der Waals surface area (Å²) < 4.78 is 31.1. The fraction of sp³-hybridized carbons (Fsp3) is 0.667. The Hall–Kier alpha value is -0.920. The van der Waals surface area contributed by atoms with Gasteiger partial charge in [-0.1, -0.05) is 6.92 Å². The zero-order valence-electron chi connectivity index (χ0n) is 9.09. The predicted molar refractivity (Wildman–Crippen MR) is 57.4 cm³/mol. The van der Waals surface area contributed by atoms with Crippen molar-refractivity contribution in [1.29, 1.82) is 0 Å². The van der Waals surface area contributed by atoms with Crippen LogP contribution in [0.15, 0.2) is 17.3 Å². The van der Waals surface area contributed by atoms with E-state index in [-0.39, 0.29) is 11.1 Å². The van der Waals surface area contributed by atoms with Crippen LogP contribution in [0.1, 0.15) is 13.3 Å². The van der Waals surface area contributed by atoms with E-state index in [1.165, 1.54) is 16.6 Å². The highest BCUT2D eigenvalue weighted by Crippen LogP contribution is 2.17. The molecule has 1 aromatic heterocycles. The van der Waals surface area contributed by atoms with E-state index in [1.807, 2.05) is 6.92 Å². The van der Waals surface area contributed by atoms with Crippen LogP contribution in [0.2, 0.25) is 0 Å². The van der Waals surface area contributed by atoms with E-state index in [0.29, 0.717) is 19.7 Å². The smallest absolute Gasteiger partial charge is 0.260 e. The third kappa shape index (κ3) is 2.11. The van der Waals surface area contributed by atoms with E-state index >= 15 is 0 Å². The van der Waals surface area contributed by atoms with Crippen molar-refractivity contribution in [3.63, 3.8) is 0 Å². The first-order valence-electron chi connectivity index (χ1n) is 5.25. The lowest BCUT2D eigenvalue weighted by Gasteiger charge is -2.31. The molecular weight excluding hydrogens is 230 g/mol. The van der Waals surface area contributed by atoms with Gasteiger partial charge in [0.25, 0.3) is 10.0 Å². The number of rotatable bonds is 3. The molecule has 1 saturated heterocycles. The maximum absolute atomic E-state index is 12.1. The molecule has 1 aromatic rings. The number of H-pyrrole nitrogens is 1. The van der Waals surface area contributed by atoms with Gasteiger partial charge in [-0.25, -0.2) is 8.42 Å². The lowest BCUT2D eigenvalue weighted by molar-refractivity contribution is -0.00284. The second-order valence-corrected chi connectivity index (χ2v) is 5.59. The third-order valence-corrected chi connectivity index (χ3v) is 4.44. The average Bonchev–Trinajstić information content (AvgIpc) is 2.83. The Balaban J connectivity index is 2.18. The van der Waals surface area contributed by atoms with Gasteiger partial charge in [0.05, 0.1) is 18.9 Å². The van der Waals surface area contributed by atoms with Crippen LogP contribution in [0.25, 0.3) is 0 Å². The minimum atomic E-state index is -3.43. The molecule has 90 valence electrons. The largest absolute Gasteiger partial charge is 0.375 e. The van der Waals surface area contributed by atoms with Gasteiger partial charge >= 0.3 is 0 Å². The Kier molecular flexibility index (Phi) is 3.27. The third-order valence-electron chi connectivity index (χ3n) is 2.65. The highest BCUT2D eigenvalue weighted by atomic mass is 32.2. The summed E-state index contributed by atoms with van der Waals surface area (Å²) in [6.45, 7) is 3.25. The van der Waals surface area contributed by atoms with Gasteiger partial charge < -0.3 is 4.74 Å². The Labute approximate surface area is 94.6 Å². The monoisotopic (exact) mass is 245 g/mol. The summed E-state index contributed by atoms with van der Waals surface area (Å²) in [5.74, 6) is 0. The summed E-state index contributed by atoms with van der Waals surface area (Å²) in [7, 11) is -3.43. The Bertz CT molecular complexity index is 429. The zero-order chi connectivity index (χ0) is 11.6. The van der Waals surface area contributed by atoms with Crippen LogP contribution >= 0.6 is 0 Å². The SMILES string of the molecule is CCC1CN(S(=O)(=O)c2ccn[nH]2)CCO1. The lowest BCUT2D eigenvalue weighted by atomic mass is 10.2. The quantitative estimate of drug-likeness (QED) is 0.826. The molecule has 2 heterocycles. The summed E-state index contributed by atoms with van der Waals surface area (Å²) in [6.07, 6.45) is 2.24. The Morgan fingerprint density at radius 1 is 1.69 bits per heavy atom. The van der Waals surface area contributed by atoms with Crippen LogP contribution in [0.3, 0.4) is 0 Å². The number of hydrogen-bond acceptors (Lipinski definition) is 4. The fourth-order valence-electron chi connectivity index (χ4n) is 1.68. The Morgan fingerprint density at radius 3 is 3.12 bits per heavy atom. The molecule has 0 aliphatic carbocycles. The molecule has 7 heteroatoms. The van der Waals surface area contributed by atoms with Crippen molar-refractivity contribution in [2.24, 2.45) is 0 Å². The summed E-state index contributed by atoms with van der Waals surface area (Å²) >= 11 is 0. The first-order chi connectivity index (χ1) is 7.64. The van der Waals surface area contributed by atoms with Gasteiger partial charge in [-0.2, -0.15) is 9.40 Å². The average molecular weight is 245 g/mol. The van der Waals surface area contributed by atoms with Crippen LogP contribution < -0.4 is 0 Å². The van der Waals surface area contributed by atoms with Crippen LogP contribution in [0, 0.1) is 0 Å². The maximum Gasteiger partial charge on any atom is 0.260 e. The first kappa shape index (κ1) is 11.6. The molecule has 16 heavy (non-hydrogen) atoms. The highest BCUT2D eigenvalue weighted by Gasteiger charge is 2.30. The Morgan fingerprint density at radius 2 is 2.50 bits per heavy atom. The molecule has 0 spiro atoms. The van der Waals surface area contributed by atoms with Gasteiger partial charge in [-0.15, -0.1) is 0 Å². The topological polar surface area (TPSA) is 75.3 Å². The van der Waals surface area contributed by atoms with E-state index < -0.39 is 10.0 Å². The molecule has 1 atom stereocenters. The lowest BCUT2D eigenvalue weighted by Crippen LogP contribution is -2.45. The van der Waals surface area contributed by atoms with Crippen molar-refractivity contribution in [1.82, 2.24) is 14.5 Å². The molecule has 0 bridgehead atoms. The van der Waals surface area contributed by atoms with Crippen molar-refractivity contribution < 1.29 is 13.2 Å². The van der Waals surface area contributed by atoms with Crippen molar-refractivity contribution in [3.8, 4) is 0 Å². The number of nitrogens with zero attached hydrogens (tertiary/aromatic N) is 2. The van der Waals surface area contributed by atoms with E-state index in [2.05, 4.69) is 10.2 Å². The molecule has 6 nitrogen and oxygen atoms in total. The summed E-state index contributed by atoms with van der Waals surface area (Å²) in [5, 5.41) is 6.29. The second kappa shape index (κ2) is 4.52. The maximum atomic E-state index is 12.1. The molecule has 1 aliphatic heterocycles. The van der Waals surface area contributed by atoms with Crippen molar-refractivity contribution in [2.75, 3.05) is 19.7 Å². The van der Waals surface area contributed by atoms with Crippen LogP contribution in [0.5, 0.6) is 0 Å². The van der Waals surface area contributed by atoms with E-state index in [9.17, 15) is 8.42 Å². The fourth-order valence-corrected chi connectivity index (χ4v) is 3.04. The van der Waals surface area contributed by atoms with E-state index in [0.717, 1.165) is 6.42 Å². The van der Waals surface area contributed by atoms with Crippen molar-refractivity contribution in [3.05, 3.63) is 12.3 Å². The molecule has 1 aliphatic rings. The van der Waals surface area contributed by atoms with Crippen LogP contribution in [-0.2, 0) is 14.8 Å². The molecule has 0 aromatic carbocycles. The number of sulfonamides is 1. The van der Waals surface area contributed by atoms with Crippen LogP contribution in [0.4, 0.5) is 0 Å². The van der Waals surface area contributed by atoms with Gasteiger partial charge in [0.2, 0.25) is 0 Å². The normalized spacial score (nSPS) is 23.4. The molecule has 0 amide bonds. The molecule has 2 rings (SSSR count). The highest BCUT2D eigenvalue weighted by molar-refractivity contribution is 7.89. The van der Waals surface area contributed by atoms with Crippen molar-refractivity contribution >= 4 is 10.0 Å². The molecule has 0 radical (unpaired) electrons. The number of hydrogen-bond donors (Lipinski definition) is 1. The van der Waals surface area contributed by atoms with Gasteiger partial charge in [0, 0.05) is 13.1 Å². The minimum absolute atomic E-state index is 0.00792. The molecule has 1 unspecified atom stereocenters. The van der Waals surface area contributed by atoms with E-state index in [1.54, 1.807) is 0 Å². The molecule has 1 N–H and O–H groups in total. The summed E-state index contributed by atoms with van der Waals surface area (Å²) in [5.41, 5.74) is 0. The predicted octanol–water partition coefficient (Wildman–Crippen LogP) is 0.209. The van der Waals surface area contributed by atoms with Gasteiger partial charge in [-0.3, -0.25) is 5.10 Å². The number of aromatic amines is 1. The minimum Gasteiger partial charge on any atom is -0.375 e. The number of nitrogens with one attached hydrogen (secondary N) is 1. The zero-order valence-corrected chi connectivity index (χ0v) is 9.90. The van der Waals surface area contributed by atoms with E-state index in [4.69, 9.17) is 4.74 Å². The van der Waals surface area contributed by atoms with Gasteiger partial charge in [-0.05, 0) is 12.5 Å². The first-order valence-corrected chi connectivity index (χ1v) is 6.69. The number of ether oxygens (including phenoxy) is 1. The summed E-state index contributed by atoms with van der Waals surface area (Å²) in [6, 6.07) is 1.46.